The van der Waals surface area contributed by atoms with E-state index in [1.807, 2.05) is 12.4 Å². The molecule has 82 valence electrons. The summed E-state index contributed by atoms with van der Waals surface area (Å²) in [4.78, 5) is 6.74. The van der Waals surface area contributed by atoms with E-state index in [4.69, 9.17) is 0 Å². The summed E-state index contributed by atoms with van der Waals surface area (Å²) in [6.45, 7) is 10.3. The lowest BCUT2D eigenvalue weighted by Crippen LogP contribution is -2.30. The molecule has 0 fully saturated rings. The van der Waals surface area contributed by atoms with Crippen molar-refractivity contribution in [2.24, 2.45) is 5.92 Å². The predicted octanol–water partition coefficient (Wildman–Crippen LogP) is 3.05. The predicted molar refractivity (Wildman–Crippen MR) is 64.3 cm³/mol. The van der Waals surface area contributed by atoms with Gasteiger partial charge in [-0.05, 0) is 31.4 Å². The Morgan fingerprint density at radius 2 is 2.07 bits per heavy atom. The lowest BCUT2D eigenvalue weighted by Gasteiger charge is -2.25. The second kappa shape index (κ2) is 3.84. The van der Waals surface area contributed by atoms with Crippen molar-refractivity contribution < 1.29 is 0 Å². The van der Waals surface area contributed by atoms with Crippen molar-refractivity contribution >= 4 is 5.69 Å². The smallest absolute Gasteiger partial charge is 0.0435 e. The van der Waals surface area contributed by atoms with Crippen LogP contribution in [0.2, 0.25) is 0 Å². The lowest BCUT2D eigenvalue weighted by molar-refractivity contribution is 0.504. The number of hydrogen-bond acceptors (Lipinski definition) is 2. The van der Waals surface area contributed by atoms with Crippen molar-refractivity contribution in [2.75, 3.05) is 11.4 Å². The Bertz CT molecular complexity index is 311. The van der Waals surface area contributed by atoms with Gasteiger partial charge in [-0.15, -0.1) is 0 Å². The minimum atomic E-state index is 0.579. The molecular weight excluding hydrogens is 184 g/mol. The van der Waals surface area contributed by atoms with E-state index in [0.717, 1.165) is 6.54 Å². The molecule has 0 saturated carbocycles. The van der Waals surface area contributed by atoms with Crippen LogP contribution in [0.5, 0.6) is 0 Å². The van der Waals surface area contributed by atoms with Gasteiger partial charge >= 0.3 is 0 Å². The summed E-state index contributed by atoms with van der Waals surface area (Å²) >= 11 is 0. The molecule has 1 aliphatic rings. The first-order valence-electron chi connectivity index (χ1n) is 5.81. The summed E-state index contributed by atoms with van der Waals surface area (Å²) in [5.74, 6) is 1.34. The fourth-order valence-electron chi connectivity index (χ4n) is 2.41. The molecule has 15 heavy (non-hydrogen) atoms. The fourth-order valence-corrected chi connectivity index (χ4v) is 2.41. The minimum Gasteiger partial charge on any atom is -0.368 e. The van der Waals surface area contributed by atoms with Crippen molar-refractivity contribution in [3.05, 3.63) is 24.0 Å². The van der Waals surface area contributed by atoms with Crippen LogP contribution in [0.3, 0.4) is 0 Å². The van der Waals surface area contributed by atoms with Crippen LogP contribution in [0.1, 0.15) is 39.2 Å². The van der Waals surface area contributed by atoms with Gasteiger partial charge in [-0.25, -0.2) is 0 Å². The first-order valence-corrected chi connectivity index (χ1v) is 5.81. The van der Waals surface area contributed by atoms with Crippen LogP contribution in [-0.2, 0) is 0 Å². The summed E-state index contributed by atoms with van der Waals surface area (Å²) in [6, 6.07) is 2.73. The Morgan fingerprint density at radius 3 is 2.67 bits per heavy atom. The number of fused-ring (bicyclic) bond motifs is 1. The molecular formula is C13H20N2. The summed E-state index contributed by atoms with van der Waals surface area (Å²) in [5.41, 5.74) is 2.82. The van der Waals surface area contributed by atoms with E-state index in [9.17, 15) is 0 Å². The van der Waals surface area contributed by atoms with E-state index in [1.54, 1.807) is 0 Å². The SMILES string of the molecule is CC(C)C1CN(C(C)C)c2ccncc21. The molecule has 0 aliphatic carbocycles. The van der Waals surface area contributed by atoms with Gasteiger partial charge in [0.2, 0.25) is 0 Å². The minimum absolute atomic E-state index is 0.579. The maximum absolute atomic E-state index is 4.26. The van der Waals surface area contributed by atoms with Crippen LogP contribution in [0, 0.1) is 5.92 Å². The molecule has 1 aromatic rings. The molecule has 0 N–H and O–H groups in total. The van der Waals surface area contributed by atoms with Gasteiger partial charge < -0.3 is 4.90 Å². The van der Waals surface area contributed by atoms with Gasteiger partial charge in [-0.1, -0.05) is 13.8 Å². The topological polar surface area (TPSA) is 16.1 Å². The van der Waals surface area contributed by atoms with Crippen LogP contribution in [-0.4, -0.2) is 17.6 Å². The molecule has 0 radical (unpaired) electrons. The van der Waals surface area contributed by atoms with Gasteiger partial charge in [0.05, 0.1) is 0 Å². The second-order valence-electron chi connectivity index (χ2n) is 5.03. The monoisotopic (exact) mass is 204 g/mol. The molecule has 0 amide bonds. The Labute approximate surface area is 92.3 Å². The average Bonchev–Trinajstić information content (AvgIpc) is 2.56. The molecule has 2 heteroatoms. The number of rotatable bonds is 2. The molecule has 1 aromatic heterocycles. The largest absolute Gasteiger partial charge is 0.368 e. The molecule has 2 heterocycles. The molecule has 1 atom stereocenters. The van der Waals surface area contributed by atoms with Gasteiger partial charge in [-0.3, -0.25) is 4.98 Å². The van der Waals surface area contributed by atoms with E-state index in [2.05, 4.69) is 43.6 Å². The van der Waals surface area contributed by atoms with E-state index < -0.39 is 0 Å². The van der Waals surface area contributed by atoms with E-state index in [0.29, 0.717) is 17.9 Å². The van der Waals surface area contributed by atoms with Crippen molar-refractivity contribution in [1.82, 2.24) is 4.98 Å². The Morgan fingerprint density at radius 1 is 1.33 bits per heavy atom. The van der Waals surface area contributed by atoms with E-state index >= 15 is 0 Å². The van der Waals surface area contributed by atoms with E-state index in [1.165, 1.54) is 11.3 Å². The van der Waals surface area contributed by atoms with Crippen molar-refractivity contribution in [1.29, 1.82) is 0 Å². The number of hydrogen-bond donors (Lipinski definition) is 0. The lowest BCUT2D eigenvalue weighted by atomic mass is 9.91. The normalized spacial score (nSPS) is 20.1. The third kappa shape index (κ3) is 1.73. The van der Waals surface area contributed by atoms with E-state index in [-0.39, 0.29) is 0 Å². The Kier molecular flexibility index (Phi) is 2.68. The Hall–Kier alpha value is -1.05. The molecule has 0 bridgehead atoms. The van der Waals surface area contributed by atoms with Crippen LogP contribution >= 0.6 is 0 Å². The molecule has 1 aliphatic heterocycles. The maximum atomic E-state index is 4.26. The number of anilines is 1. The molecule has 2 rings (SSSR count). The molecule has 1 unspecified atom stereocenters. The van der Waals surface area contributed by atoms with Crippen LogP contribution in [0.25, 0.3) is 0 Å². The highest BCUT2D eigenvalue weighted by Gasteiger charge is 2.31. The van der Waals surface area contributed by atoms with Gasteiger partial charge in [-0.2, -0.15) is 0 Å². The molecule has 2 nitrogen and oxygen atoms in total. The summed E-state index contributed by atoms with van der Waals surface area (Å²) in [6.07, 6.45) is 3.94. The standard InChI is InChI=1S/C13H20N2/c1-9(2)12-8-15(10(3)4)13-5-6-14-7-11(12)13/h5-7,9-10,12H,8H2,1-4H3. The van der Waals surface area contributed by atoms with Crippen molar-refractivity contribution in [3.8, 4) is 0 Å². The summed E-state index contributed by atoms with van der Waals surface area (Å²) in [5, 5.41) is 0. The van der Waals surface area contributed by atoms with Crippen molar-refractivity contribution in [2.45, 2.75) is 39.7 Å². The van der Waals surface area contributed by atoms with Gasteiger partial charge in [0, 0.05) is 36.6 Å². The maximum Gasteiger partial charge on any atom is 0.0435 e. The zero-order chi connectivity index (χ0) is 11.0. The fraction of sp³-hybridized carbons (Fsp3) is 0.615. The second-order valence-corrected chi connectivity index (χ2v) is 5.03. The summed E-state index contributed by atoms with van der Waals surface area (Å²) < 4.78 is 0. The molecule has 0 spiro atoms. The first-order chi connectivity index (χ1) is 7.11. The van der Waals surface area contributed by atoms with Crippen LogP contribution in [0.15, 0.2) is 18.5 Å². The molecule has 0 saturated heterocycles. The highest BCUT2D eigenvalue weighted by molar-refractivity contribution is 5.59. The van der Waals surface area contributed by atoms with Crippen LogP contribution < -0.4 is 4.90 Å². The number of pyridine rings is 1. The summed E-state index contributed by atoms with van der Waals surface area (Å²) in [7, 11) is 0. The number of aromatic nitrogens is 1. The highest BCUT2D eigenvalue weighted by atomic mass is 15.2. The average molecular weight is 204 g/mol. The molecule has 0 aromatic carbocycles. The zero-order valence-corrected chi connectivity index (χ0v) is 10.1. The van der Waals surface area contributed by atoms with Crippen molar-refractivity contribution in [3.63, 3.8) is 0 Å². The highest BCUT2D eigenvalue weighted by Crippen LogP contribution is 2.40. The quantitative estimate of drug-likeness (QED) is 0.736. The van der Waals surface area contributed by atoms with Gasteiger partial charge in [0.15, 0.2) is 0 Å². The number of nitrogens with zero attached hydrogens (tertiary/aromatic N) is 2. The first kappa shape index (κ1) is 10.5. The zero-order valence-electron chi connectivity index (χ0n) is 10.1. The van der Waals surface area contributed by atoms with Crippen LogP contribution in [0.4, 0.5) is 5.69 Å². The third-order valence-electron chi connectivity index (χ3n) is 3.36. The third-order valence-corrected chi connectivity index (χ3v) is 3.36. The van der Waals surface area contributed by atoms with Gasteiger partial charge in [0.1, 0.15) is 0 Å². The van der Waals surface area contributed by atoms with Gasteiger partial charge in [0.25, 0.3) is 0 Å². The Balaban J connectivity index is 2.39.